The topological polar surface area (TPSA) is 34.1 Å². The smallest absolute Gasteiger partial charge is 0.186 e. The Kier molecular flexibility index (Phi) is 26.7. The summed E-state index contributed by atoms with van der Waals surface area (Å²) >= 11 is 0. The molecule has 3 heteroatoms. The fraction of sp³-hybridized carbons (Fsp3) is 0. The van der Waals surface area contributed by atoms with Crippen LogP contribution in [-0.4, -0.2) is 6.15 Å². The molecule has 0 aliphatic rings. The molecule has 0 saturated heterocycles. The van der Waals surface area contributed by atoms with Crippen LogP contribution in [0.4, 0.5) is 0 Å². The third kappa shape index (κ3) is 7780. The molecule has 2 nitrogen and oxygen atoms in total. The maximum absolute atomic E-state index is 8.12. The summed E-state index contributed by atoms with van der Waals surface area (Å²) in [6.07, 6.45) is 0.250. The van der Waals surface area contributed by atoms with Crippen LogP contribution < -0.4 is 0 Å². The monoisotopic (exact) mass is 236 g/mol. The third-order valence-corrected chi connectivity index (χ3v) is 0. The predicted molar refractivity (Wildman–Crippen MR) is 5.01 cm³/mol. The minimum Gasteiger partial charge on any atom is -0.186 e. The van der Waals surface area contributed by atoms with Gasteiger partial charge in [-0.1, -0.05) is 0 Å². The average Bonchev–Trinajstić information content (AvgIpc) is 0.918. The van der Waals surface area contributed by atoms with E-state index in [1.54, 1.807) is 0 Å². The molecule has 4 heavy (non-hydrogen) atoms. The largest absolute Gasteiger partial charge is 0.373 e. The van der Waals surface area contributed by atoms with E-state index in [2.05, 4.69) is 0 Å². The number of carbonyl (C=O) groups excluding carboxylic acids is 2. The Hall–Kier alpha value is 0.0164. The van der Waals surface area contributed by atoms with Gasteiger partial charge in [0.15, 0.2) is 0 Å². The Labute approximate surface area is 36.2 Å². The van der Waals surface area contributed by atoms with Crippen molar-refractivity contribution in [3.05, 3.63) is 0 Å². The first-order chi connectivity index (χ1) is 1.41. The summed E-state index contributed by atoms with van der Waals surface area (Å²) in [4.78, 5) is 16.2. The summed E-state index contributed by atoms with van der Waals surface area (Å²) < 4.78 is 0. The molecule has 0 atom stereocenters. The molecule has 0 radical (unpaired) electrons. The van der Waals surface area contributed by atoms with Gasteiger partial charge in [0.1, 0.15) is 0 Å². The Morgan fingerprint density at radius 2 is 1.25 bits per heavy atom. The second kappa shape index (κ2) is 11.9. The molecule has 0 heterocycles. The molecule has 0 fully saturated rings. The van der Waals surface area contributed by atoms with E-state index >= 15 is 0 Å². The van der Waals surface area contributed by atoms with Crippen LogP contribution in [0.2, 0.25) is 0 Å². The summed E-state index contributed by atoms with van der Waals surface area (Å²) in [5.41, 5.74) is 0. The standard InChI is InChI=1S/CO2.Os/c2-1-3;. The van der Waals surface area contributed by atoms with Crippen LogP contribution in [0.15, 0.2) is 0 Å². The first-order valence-corrected chi connectivity index (χ1v) is 0.408. The van der Waals surface area contributed by atoms with Crippen molar-refractivity contribution in [3.63, 3.8) is 0 Å². The van der Waals surface area contributed by atoms with Crippen molar-refractivity contribution in [1.82, 2.24) is 0 Å². The normalized spacial score (nSPS) is 2.00. The van der Waals surface area contributed by atoms with Crippen molar-refractivity contribution in [3.8, 4) is 0 Å². The Morgan fingerprint density at radius 1 is 1.25 bits per heavy atom. The van der Waals surface area contributed by atoms with Crippen molar-refractivity contribution in [2.45, 2.75) is 0 Å². The van der Waals surface area contributed by atoms with E-state index < -0.39 is 0 Å². The molecule has 0 spiro atoms. The van der Waals surface area contributed by atoms with Crippen LogP contribution in [0, 0.1) is 0 Å². The van der Waals surface area contributed by atoms with Crippen molar-refractivity contribution in [2.75, 3.05) is 0 Å². The van der Waals surface area contributed by atoms with Gasteiger partial charge in [-0.3, -0.25) is 0 Å². The molecule has 0 unspecified atom stereocenters. The fourth-order valence-electron chi connectivity index (χ4n) is 0. The Bertz CT molecular complexity index is 27.0. The molecular weight excluding hydrogens is 234 g/mol. The van der Waals surface area contributed by atoms with E-state index in [-0.39, 0.29) is 25.9 Å². The van der Waals surface area contributed by atoms with Crippen LogP contribution in [-0.2, 0) is 29.4 Å². The number of hydrogen-bond donors (Lipinski definition) is 0. The third-order valence-electron chi connectivity index (χ3n) is 0. The van der Waals surface area contributed by atoms with E-state index in [1.165, 1.54) is 0 Å². The van der Waals surface area contributed by atoms with Gasteiger partial charge in [-0.05, 0) is 0 Å². The van der Waals surface area contributed by atoms with Crippen molar-refractivity contribution in [2.24, 2.45) is 0 Å². The molecular formula is CO2Os. The molecule has 0 rings (SSSR count). The summed E-state index contributed by atoms with van der Waals surface area (Å²) in [7, 11) is 0. The molecule has 0 saturated carbocycles. The van der Waals surface area contributed by atoms with Gasteiger partial charge in [0.2, 0.25) is 0 Å². The molecule has 0 amide bonds. The van der Waals surface area contributed by atoms with E-state index in [9.17, 15) is 0 Å². The molecule has 0 aromatic carbocycles. The molecule has 0 aliphatic carbocycles. The van der Waals surface area contributed by atoms with Crippen molar-refractivity contribution in [1.29, 1.82) is 0 Å². The van der Waals surface area contributed by atoms with Gasteiger partial charge in [-0.2, -0.15) is 9.59 Å². The van der Waals surface area contributed by atoms with Gasteiger partial charge in [0.25, 0.3) is 0 Å². The van der Waals surface area contributed by atoms with Gasteiger partial charge >= 0.3 is 6.15 Å². The Balaban J connectivity index is 0. The zero-order valence-corrected chi connectivity index (χ0v) is 4.21. The first kappa shape index (κ1) is 8.99. The first-order valence-electron chi connectivity index (χ1n) is 0.408. The minimum absolute atomic E-state index is 0. The zero-order valence-electron chi connectivity index (χ0n) is 1.67. The minimum atomic E-state index is 0. The quantitative estimate of drug-likeness (QED) is 0.561. The van der Waals surface area contributed by atoms with E-state index in [0.717, 1.165) is 0 Å². The zero-order chi connectivity index (χ0) is 2.71. The van der Waals surface area contributed by atoms with Gasteiger partial charge in [0, 0.05) is 19.8 Å². The summed E-state index contributed by atoms with van der Waals surface area (Å²) in [5, 5.41) is 0. The fourth-order valence-corrected chi connectivity index (χ4v) is 0. The van der Waals surface area contributed by atoms with Crippen LogP contribution in [0.3, 0.4) is 0 Å². The maximum atomic E-state index is 8.12. The van der Waals surface area contributed by atoms with E-state index in [4.69, 9.17) is 9.59 Å². The predicted octanol–water partition coefficient (Wildman–Crippen LogP) is -0.586. The molecule has 0 aliphatic heterocycles. The van der Waals surface area contributed by atoms with Crippen LogP contribution >= 0.6 is 0 Å². The van der Waals surface area contributed by atoms with Gasteiger partial charge < -0.3 is 0 Å². The summed E-state index contributed by atoms with van der Waals surface area (Å²) in [6, 6.07) is 0. The van der Waals surface area contributed by atoms with Crippen LogP contribution in [0.25, 0.3) is 0 Å². The van der Waals surface area contributed by atoms with Crippen LogP contribution in [0.5, 0.6) is 0 Å². The van der Waals surface area contributed by atoms with E-state index in [1.807, 2.05) is 0 Å². The Morgan fingerprint density at radius 3 is 1.25 bits per heavy atom. The van der Waals surface area contributed by atoms with Gasteiger partial charge in [0.05, 0.1) is 0 Å². The van der Waals surface area contributed by atoms with Crippen molar-refractivity contribution < 1.29 is 29.4 Å². The van der Waals surface area contributed by atoms with E-state index in [0.29, 0.717) is 0 Å². The van der Waals surface area contributed by atoms with Crippen molar-refractivity contribution >= 4 is 6.15 Å². The SMILES string of the molecule is O=C=O.[Os]. The van der Waals surface area contributed by atoms with Gasteiger partial charge in [-0.15, -0.1) is 0 Å². The summed E-state index contributed by atoms with van der Waals surface area (Å²) in [6.45, 7) is 0. The van der Waals surface area contributed by atoms with Crippen LogP contribution in [0.1, 0.15) is 0 Å². The average molecular weight is 234 g/mol. The molecule has 0 aromatic rings. The number of rotatable bonds is 0. The second-order valence-corrected chi connectivity index (χ2v) is 0.0833. The second-order valence-electron chi connectivity index (χ2n) is 0.0833. The molecule has 0 aromatic heterocycles. The molecule has 0 N–H and O–H groups in total. The van der Waals surface area contributed by atoms with Gasteiger partial charge in [-0.25, -0.2) is 0 Å². The maximum Gasteiger partial charge on any atom is 0.373 e. The molecule has 0 bridgehead atoms. The molecule has 24 valence electrons. The number of hydrogen-bond acceptors (Lipinski definition) is 2. The summed E-state index contributed by atoms with van der Waals surface area (Å²) in [5.74, 6) is 0.